The SMILES string of the molecule is OCCC1CN(CC2CCCCC2)CCN1CCc1ccccc1. The van der Waals surface area contributed by atoms with E-state index in [0.717, 1.165) is 38.4 Å². The molecule has 0 radical (unpaired) electrons. The predicted octanol–water partition coefficient (Wildman–Crippen LogP) is 3.18. The van der Waals surface area contributed by atoms with Crippen LogP contribution in [-0.2, 0) is 6.42 Å². The highest BCUT2D eigenvalue weighted by atomic mass is 16.3. The highest BCUT2D eigenvalue weighted by molar-refractivity contribution is 5.15. The zero-order chi connectivity index (χ0) is 16.6. The molecule has 3 rings (SSSR count). The van der Waals surface area contributed by atoms with E-state index in [0.29, 0.717) is 12.6 Å². The molecule has 3 heteroatoms. The van der Waals surface area contributed by atoms with Crippen molar-refractivity contribution in [2.45, 2.75) is 51.0 Å². The molecule has 0 aromatic heterocycles. The third-order valence-corrected chi connectivity index (χ3v) is 5.92. The van der Waals surface area contributed by atoms with Gasteiger partial charge >= 0.3 is 0 Å². The molecule has 1 unspecified atom stereocenters. The summed E-state index contributed by atoms with van der Waals surface area (Å²) in [6.07, 6.45) is 9.19. The first kappa shape index (κ1) is 17.9. The number of hydrogen-bond donors (Lipinski definition) is 1. The number of rotatable bonds is 7. The van der Waals surface area contributed by atoms with Gasteiger partial charge in [-0.2, -0.15) is 0 Å². The molecule has 1 N–H and O–H groups in total. The van der Waals surface area contributed by atoms with Gasteiger partial charge in [0.2, 0.25) is 0 Å². The lowest BCUT2D eigenvalue weighted by atomic mass is 9.88. The van der Waals surface area contributed by atoms with Crippen molar-refractivity contribution < 1.29 is 5.11 Å². The van der Waals surface area contributed by atoms with Gasteiger partial charge in [-0.3, -0.25) is 4.90 Å². The first-order valence-corrected chi connectivity index (χ1v) is 9.96. The second kappa shape index (κ2) is 9.55. The molecule has 0 amide bonds. The summed E-state index contributed by atoms with van der Waals surface area (Å²) in [5, 5.41) is 9.48. The van der Waals surface area contributed by atoms with Crippen molar-refractivity contribution in [2.75, 3.05) is 39.3 Å². The van der Waals surface area contributed by atoms with E-state index in [-0.39, 0.29) is 0 Å². The Morgan fingerprint density at radius 1 is 1.00 bits per heavy atom. The van der Waals surface area contributed by atoms with Crippen LogP contribution in [0.25, 0.3) is 0 Å². The summed E-state index contributed by atoms with van der Waals surface area (Å²) in [6, 6.07) is 11.3. The largest absolute Gasteiger partial charge is 0.396 e. The van der Waals surface area contributed by atoms with Crippen molar-refractivity contribution in [3.63, 3.8) is 0 Å². The summed E-state index contributed by atoms with van der Waals surface area (Å²) in [5.74, 6) is 0.921. The van der Waals surface area contributed by atoms with Crippen LogP contribution in [0.3, 0.4) is 0 Å². The van der Waals surface area contributed by atoms with E-state index in [1.807, 2.05) is 0 Å². The molecule has 1 atom stereocenters. The Balaban J connectivity index is 1.49. The lowest BCUT2D eigenvalue weighted by Gasteiger charge is -2.43. The summed E-state index contributed by atoms with van der Waals surface area (Å²) < 4.78 is 0. The Morgan fingerprint density at radius 3 is 2.54 bits per heavy atom. The fourth-order valence-corrected chi connectivity index (χ4v) is 4.49. The summed E-state index contributed by atoms with van der Waals surface area (Å²) >= 11 is 0. The fourth-order valence-electron chi connectivity index (χ4n) is 4.49. The van der Waals surface area contributed by atoms with Crippen molar-refractivity contribution in [2.24, 2.45) is 5.92 Å². The van der Waals surface area contributed by atoms with Gasteiger partial charge in [-0.25, -0.2) is 0 Å². The zero-order valence-electron chi connectivity index (χ0n) is 15.1. The quantitative estimate of drug-likeness (QED) is 0.832. The maximum Gasteiger partial charge on any atom is 0.0446 e. The van der Waals surface area contributed by atoms with Crippen molar-refractivity contribution in [1.82, 2.24) is 9.80 Å². The Hall–Kier alpha value is -0.900. The van der Waals surface area contributed by atoms with Crippen LogP contribution < -0.4 is 0 Å². The minimum absolute atomic E-state index is 0.309. The summed E-state index contributed by atoms with van der Waals surface area (Å²) in [6.45, 7) is 6.22. The molecule has 2 aliphatic rings. The van der Waals surface area contributed by atoms with Gasteiger partial charge in [0.15, 0.2) is 0 Å². The van der Waals surface area contributed by atoms with E-state index in [1.165, 1.54) is 50.8 Å². The van der Waals surface area contributed by atoms with E-state index >= 15 is 0 Å². The molecule has 1 heterocycles. The summed E-state index contributed by atoms with van der Waals surface area (Å²) in [7, 11) is 0. The third-order valence-electron chi connectivity index (χ3n) is 5.92. The van der Waals surface area contributed by atoms with Crippen LogP contribution in [0.1, 0.15) is 44.1 Å². The Labute approximate surface area is 147 Å². The number of hydrogen-bond acceptors (Lipinski definition) is 3. The van der Waals surface area contributed by atoms with E-state index in [9.17, 15) is 5.11 Å². The Kier molecular flexibility index (Phi) is 7.13. The molecule has 1 aromatic carbocycles. The van der Waals surface area contributed by atoms with Crippen LogP contribution in [0.2, 0.25) is 0 Å². The average molecular weight is 331 g/mol. The molecule has 1 aliphatic heterocycles. The molecule has 0 bridgehead atoms. The van der Waals surface area contributed by atoms with Crippen LogP contribution in [0, 0.1) is 5.92 Å². The Morgan fingerprint density at radius 2 is 1.79 bits per heavy atom. The number of aliphatic hydroxyl groups excluding tert-OH is 1. The van der Waals surface area contributed by atoms with E-state index in [2.05, 4.69) is 40.1 Å². The molecule has 1 saturated carbocycles. The van der Waals surface area contributed by atoms with Gasteiger partial charge < -0.3 is 10.0 Å². The molecule has 1 aromatic rings. The maximum absolute atomic E-state index is 9.48. The first-order chi connectivity index (χ1) is 11.8. The van der Waals surface area contributed by atoms with E-state index in [1.54, 1.807) is 0 Å². The van der Waals surface area contributed by atoms with Gasteiger partial charge in [0.05, 0.1) is 0 Å². The first-order valence-electron chi connectivity index (χ1n) is 9.96. The lowest BCUT2D eigenvalue weighted by molar-refractivity contribution is 0.0483. The second-order valence-electron chi connectivity index (χ2n) is 7.70. The Bertz CT molecular complexity index is 458. The minimum Gasteiger partial charge on any atom is -0.396 e. The molecular weight excluding hydrogens is 296 g/mol. The molecule has 24 heavy (non-hydrogen) atoms. The molecule has 1 aliphatic carbocycles. The number of benzene rings is 1. The topological polar surface area (TPSA) is 26.7 Å². The van der Waals surface area contributed by atoms with Gasteiger partial charge in [0, 0.05) is 45.4 Å². The van der Waals surface area contributed by atoms with Gasteiger partial charge in [-0.15, -0.1) is 0 Å². The second-order valence-corrected chi connectivity index (χ2v) is 7.70. The van der Waals surface area contributed by atoms with Gasteiger partial charge in [-0.05, 0) is 37.2 Å². The third kappa shape index (κ3) is 5.30. The molecule has 2 fully saturated rings. The molecule has 3 nitrogen and oxygen atoms in total. The van der Waals surface area contributed by atoms with Gasteiger partial charge in [0.1, 0.15) is 0 Å². The predicted molar refractivity (Wildman–Crippen MR) is 100 cm³/mol. The van der Waals surface area contributed by atoms with Crippen LogP contribution in [0.15, 0.2) is 30.3 Å². The molecular formula is C21H34N2O. The van der Waals surface area contributed by atoms with Crippen molar-refractivity contribution in [3.05, 3.63) is 35.9 Å². The average Bonchev–Trinajstić information content (AvgIpc) is 2.63. The number of aliphatic hydroxyl groups is 1. The highest BCUT2D eigenvalue weighted by Crippen LogP contribution is 2.25. The number of nitrogens with zero attached hydrogens (tertiary/aromatic N) is 2. The van der Waals surface area contributed by atoms with E-state index < -0.39 is 0 Å². The number of piperazine rings is 1. The standard InChI is InChI=1S/C21H34N2O/c24-16-12-21-18-22(17-20-9-5-2-6-10-20)14-15-23(21)13-11-19-7-3-1-4-8-19/h1,3-4,7-8,20-21,24H,2,5-6,9-18H2. The van der Waals surface area contributed by atoms with Gasteiger partial charge in [0.25, 0.3) is 0 Å². The minimum atomic E-state index is 0.309. The van der Waals surface area contributed by atoms with Crippen molar-refractivity contribution in [3.8, 4) is 0 Å². The van der Waals surface area contributed by atoms with Crippen LogP contribution in [-0.4, -0.2) is 60.3 Å². The normalized spacial score (nSPS) is 24.3. The summed E-state index contributed by atoms with van der Waals surface area (Å²) in [4.78, 5) is 5.29. The lowest BCUT2D eigenvalue weighted by Crippen LogP contribution is -2.54. The molecule has 134 valence electrons. The molecule has 0 spiro atoms. The maximum atomic E-state index is 9.48. The smallest absolute Gasteiger partial charge is 0.0446 e. The zero-order valence-corrected chi connectivity index (χ0v) is 15.1. The van der Waals surface area contributed by atoms with Crippen molar-refractivity contribution >= 4 is 0 Å². The van der Waals surface area contributed by atoms with Crippen LogP contribution in [0.5, 0.6) is 0 Å². The van der Waals surface area contributed by atoms with Crippen molar-refractivity contribution in [1.29, 1.82) is 0 Å². The van der Waals surface area contributed by atoms with E-state index in [4.69, 9.17) is 0 Å². The fraction of sp³-hybridized carbons (Fsp3) is 0.714. The molecule has 1 saturated heterocycles. The van der Waals surface area contributed by atoms with Gasteiger partial charge in [-0.1, -0.05) is 49.6 Å². The van der Waals surface area contributed by atoms with Crippen LogP contribution >= 0.6 is 0 Å². The summed E-state index contributed by atoms with van der Waals surface area (Å²) in [5.41, 5.74) is 1.42. The highest BCUT2D eigenvalue weighted by Gasteiger charge is 2.28. The monoisotopic (exact) mass is 330 g/mol. The van der Waals surface area contributed by atoms with Crippen LogP contribution in [0.4, 0.5) is 0 Å².